The van der Waals surface area contributed by atoms with Gasteiger partial charge < -0.3 is 11.1 Å². The molecule has 0 aliphatic heterocycles. The molecule has 3 N–H and O–H groups in total. The molecule has 0 saturated carbocycles. The summed E-state index contributed by atoms with van der Waals surface area (Å²) in [5, 5.41) is 4.08. The lowest BCUT2D eigenvalue weighted by Gasteiger charge is -2.16. The van der Waals surface area contributed by atoms with Crippen LogP contribution in [0.3, 0.4) is 0 Å². The monoisotopic (exact) mass is 347 g/mol. The molecule has 0 unspecified atom stereocenters. The Bertz CT molecular complexity index is 996. The summed E-state index contributed by atoms with van der Waals surface area (Å²) in [5.74, 6) is -0.528. The van der Waals surface area contributed by atoms with E-state index < -0.39 is 5.91 Å². The number of ketones is 1. The van der Waals surface area contributed by atoms with Crippen LogP contribution in [0.25, 0.3) is 10.9 Å². The van der Waals surface area contributed by atoms with Crippen molar-refractivity contribution < 1.29 is 9.59 Å². The Labute approximate surface area is 152 Å². The highest BCUT2D eigenvalue weighted by Gasteiger charge is 2.18. The molecule has 26 heavy (non-hydrogen) atoms. The second-order valence-electron chi connectivity index (χ2n) is 6.23. The first-order valence-electron chi connectivity index (χ1n) is 8.60. The first-order chi connectivity index (χ1) is 12.5. The van der Waals surface area contributed by atoms with E-state index in [0.29, 0.717) is 34.1 Å². The van der Waals surface area contributed by atoms with Crippen LogP contribution >= 0.6 is 0 Å². The van der Waals surface area contributed by atoms with E-state index in [4.69, 9.17) is 5.73 Å². The molecule has 1 aromatic heterocycles. The number of Topliss-reactive ketones (excluding diaryl/α,β-unsaturated/α-hetero) is 1. The van der Waals surface area contributed by atoms with Crippen LogP contribution in [0.5, 0.6) is 0 Å². The van der Waals surface area contributed by atoms with E-state index in [1.807, 2.05) is 44.2 Å². The van der Waals surface area contributed by atoms with E-state index in [1.54, 1.807) is 12.1 Å². The van der Waals surface area contributed by atoms with E-state index in [1.165, 1.54) is 6.20 Å². The van der Waals surface area contributed by atoms with Crippen molar-refractivity contribution in [1.29, 1.82) is 0 Å². The van der Waals surface area contributed by atoms with Crippen LogP contribution in [0.1, 0.15) is 46.0 Å². The van der Waals surface area contributed by atoms with Gasteiger partial charge in [0.15, 0.2) is 5.78 Å². The quantitative estimate of drug-likeness (QED) is 0.649. The lowest BCUT2D eigenvalue weighted by molar-refractivity contribution is 0.0980. The number of pyridine rings is 1. The van der Waals surface area contributed by atoms with Crippen LogP contribution in [-0.4, -0.2) is 16.7 Å². The Balaban J connectivity index is 2.25. The number of hydrogen-bond donors (Lipinski definition) is 2. The van der Waals surface area contributed by atoms with Gasteiger partial charge in [0.25, 0.3) is 5.91 Å². The molecule has 0 atom stereocenters. The van der Waals surface area contributed by atoms with Crippen molar-refractivity contribution in [2.75, 3.05) is 5.32 Å². The van der Waals surface area contributed by atoms with Gasteiger partial charge in [-0.3, -0.25) is 14.6 Å². The molecule has 1 amide bonds. The molecule has 0 fully saturated rings. The predicted octanol–water partition coefficient (Wildman–Crippen LogP) is 4.37. The van der Waals surface area contributed by atoms with Gasteiger partial charge in [-0.05, 0) is 31.0 Å². The minimum Gasteiger partial charge on any atom is -0.366 e. The SMILES string of the molecule is CCCC(=O)c1cnc2c(C(N)=O)cccc2c1Nc1ccccc1C. The molecule has 0 aliphatic carbocycles. The molecule has 0 radical (unpaired) electrons. The van der Waals surface area contributed by atoms with Crippen LogP contribution in [0.2, 0.25) is 0 Å². The molecule has 5 heteroatoms. The number of nitrogens with two attached hydrogens (primary N) is 1. The predicted molar refractivity (Wildman–Crippen MR) is 104 cm³/mol. The number of rotatable bonds is 6. The van der Waals surface area contributed by atoms with E-state index in [9.17, 15) is 9.59 Å². The number of primary amides is 1. The van der Waals surface area contributed by atoms with Crippen molar-refractivity contribution in [3.8, 4) is 0 Å². The zero-order chi connectivity index (χ0) is 18.7. The van der Waals surface area contributed by atoms with E-state index in [2.05, 4.69) is 10.3 Å². The number of aryl methyl sites for hydroxylation is 1. The number of carbonyl (C=O) groups excluding carboxylic acids is 2. The fourth-order valence-electron chi connectivity index (χ4n) is 2.98. The van der Waals surface area contributed by atoms with E-state index in [-0.39, 0.29) is 5.78 Å². The molecule has 5 nitrogen and oxygen atoms in total. The standard InChI is InChI=1S/C21H21N3O2/c1-3-7-18(25)16-12-23-19-14(9-6-10-15(19)21(22)26)20(16)24-17-11-5-4-8-13(17)2/h4-6,8-12H,3,7H2,1-2H3,(H2,22,26)(H,23,24). The normalized spacial score (nSPS) is 10.7. The third-order valence-corrected chi connectivity index (χ3v) is 4.35. The number of para-hydroxylation sites is 2. The summed E-state index contributed by atoms with van der Waals surface area (Å²) >= 11 is 0. The van der Waals surface area contributed by atoms with Gasteiger partial charge in [0.05, 0.1) is 22.3 Å². The molecule has 0 saturated heterocycles. The summed E-state index contributed by atoms with van der Waals surface area (Å²) in [7, 11) is 0. The van der Waals surface area contributed by atoms with Gasteiger partial charge >= 0.3 is 0 Å². The maximum Gasteiger partial charge on any atom is 0.250 e. The van der Waals surface area contributed by atoms with Crippen molar-refractivity contribution >= 4 is 34.0 Å². The molecule has 1 heterocycles. The van der Waals surface area contributed by atoms with Crippen molar-refractivity contribution in [3.05, 3.63) is 65.4 Å². The fraction of sp³-hybridized carbons (Fsp3) is 0.190. The fourth-order valence-corrected chi connectivity index (χ4v) is 2.98. The van der Waals surface area contributed by atoms with Gasteiger partial charge in [-0.15, -0.1) is 0 Å². The van der Waals surface area contributed by atoms with E-state index in [0.717, 1.165) is 17.7 Å². The Morgan fingerprint density at radius 2 is 1.85 bits per heavy atom. The highest BCUT2D eigenvalue weighted by molar-refractivity contribution is 6.13. The molecule has 132 valence electrons. The molecular weight excluding hydrogens is 326 g/mol. The van der Waals surface area contributed by atoms with Crippen LogP contribution in [0, 0.1) is 6.92 Å². The average Bonchev–Trinajstić information content (AvgIpc) is 2.63. The Kier molecular flexibility index (Phi) is 4.98. The minimum atomic E-state index is -0.544. The van der Waals surface area contributed by atoms with Gasteiger partial charge in [0, 0.05) is 23.7 Å². The maximum atomic E-state index is 12.6. The van der Waals surface area contributed by atoms with Crippen LogP contribution in [0.4, 0.5) is 11.4 Å². The summed E-state index contributed by atoms with van der Waals surface area (Å²) in [5.41, 5.74) is 9.44. The smallest absolute Gasteiger partial charge is 0.250 e. The molecule has 3 rings (SSSR count). The number of nitrogens with zero attached hydrogens (tertiary/aromatic N) is 1. The van der Waals surface area contributed by atoms with Crippen molar-refractivity contribution in [3.63, 3.8) is 0 Å². The van der Waals surface area contributed by atoms with Crippen LogP contribution < -0.4 is 11.1 Å². The number of benzene rings is 2. The molecule has 3 aromatic rings. The summed E-state index contributed by atoms with van der Waals surface area (Å²) in [6.45, 7) is 3.96. The second kappa shape index (κ2) is 7.35. The van der Waals surface area contributed by atoms with Crippen LogP contribution in [0.15, 0.2) is 48.7 Å². The number of nitrogens with one attached hydrogen (secondary N) is 1. The summed E-state index contributed by atoms with van der Waals surface area (Å²) < 4.78 is 0. The average molecular weight is 347 g/mol. The third kappa shape index (κ3) is 3.28. The number of aromatic nitrogens is 1. The Morgan fingerprint density at radius 3 is 2.54 bits per heavy atom. The van der Waals surface area contributed by atoms with Crippen molar-refractivity contribution in [1.82, 2.24) is 4.98 Å². The van der Waals surface area contributed by atoms with Gasteiger partial charge in [-0.1, -0.05) is 37.3 Å². The zero-order valence-electron chi connectivity index (χ0n) is 14.9. The number of fused-ring (bicyclic) bond motifs is 1. The topological polar surface area (TPSA) is 85.1 Å². The number of hydrogen-bond acceptors (Lipinski definition) is 4. The van der Waals surface area contributed by atoms with Gasteiger partial charge in [-0.25, -0.2) is 0 Å². The first-order valence-corrected chi connectivity index (χ1v) is 8.60. The second-order valence-corrected chi connectivity index (χ2v) is 6.23. The molecule has 2 aromatic carbocycles. The molecular formula is C21H21N3O2. The Morgan fingerprint density at radius 1 is 1.08 bits per heavy atom. The lowest BCUT2D eigenvalue weighted by atomic mass is 10.0. The minimum absolute atomic E-state index is 0.0162. The lowest BCUT2D eigenvalue weighted by Crippen LogP contribution is -2.13. The molecule has 0 spiro atoms. The largest absolute Gasteiger partial charge is 0.366 e. The molecule has 0 bridgehead atoms. The summed E-state index contributed by atoms with van der Waals surface area (Å²) in [6, 6.07) is 13.1. The number of amides is 1. The highest BCUT2D eigenvalue weighted by atomic mass is 16.1. The van der Waals surface area contributed by atoms with Gasteiger partial charge in [0.1, 0.15) is 0 Å². The third-order valence-electron chi connectivity index (χ3n) is 4.35. The van der Waals surface area contributed by atoms with Crippen molar-refractivity contribution in [2.45, 2.75) is 26.7 Å². The highest BCUT2D eigenvalue weighted by Crippen LogP contribution is 2.32. The maximum absolute atomic E-state index is 12.6. The van der Waals surface area contributed by atoms with Crippen molar-refractivity contribution in [2.24, 2.45) is 5.73 Å². The first kappa shape index (κ1) is 17.6. The number of carbonyl (C=O) groups is 2. The van der Waals surface area contributed by atoms with Gasteiger partial charge in [-0.2, -0.15) is 0 Å². The van der Waals surface area contributed by atoms with Gasteiger partial charge in [0.2, 0.25) is 0 Å². The van der Waals surface area contributed by atoms with Crippen LogP contribution in [-0.2, 0) is 0 Å². The number of anilines is 2. The summed E-state index contributed by atoms with van der Waals surface area (Å²) in [4.78, 5) is 28.8. The Hall–Kier alpha value is -3.21. The summed E-state index contributed by atoms with van der Waals surface area (Å²) in [6.07, 6.45) is 2.72. The van der Waals surface area contributed by atoms with E-state index >= 15 is 0 Å². The zero-order valence-corrected chi connectivity index (χ0v) is 14.9. The molecule has 0 aliphatic rings.